The van der Waals surface area contributed by atoms with Gasteiger partial charge in [0, 0.05) is 17.8 Å². The summed E-state index contributed by atoms with van der Waals surface area (Å²) in [7, 11) is 0. The van der Waals surface area contributed by atoms with Crippen LogP contribution in [0.25, 0.3) is 0 Å². The van der Waals surface area contributed by atoms with Crippen LogP contribution in [0.2, 0.25) is 0 Å². The maximum absolute atomic E-state index is 12.4. The lowest BCUT2D eigenvalue weighted by Gasteiger charge is -2.29. The molecule has 2 rings (SSSR count). The van der Waals surface area contributed by atoms with Gasteiger partial charge in [-0.1, -0.05) is 12.1 Å². The quantitative estimate of drug-likeness (QED) is 0.827. The first kappa shape index (κ1) is 13.7. The maximum Gasteiger partial charge on any atom is 0.243 e. The van der Waals surface area contributed by atoms with E-state index in [9.17, 15) is 9.59 Å². The Morgan fingerprint density at radius 3 is 2.89 bits per heavy atom. The maximum atomic E-state index is 12.4. The smallest absolute Gasteiger partial charge is 0.243 e. The largest absolute Gasteiger partial charge is 0.311 e. The minimum absolute atomic E-state index is 0.0208. The molecule has 1 aliphatic heterocycles. The van der Waals surface area contributed by atoms with Crippen LogP contribution in [0.5, 0.6) is 0 Å². The van der Waals surface area contributed by atoms with Gasteiger partial charge in [-0.2, -0.15) is 0 Å². The molecule has 0 saturated carbocycles. The van der Waals surface area contributed by atoms with Gasteiger partial charge in [-0.15, -0.1) is 0 Å². The fourth-order valence-corrected chi connectivity index (χ4v) is 2.29. The molecule has 19 heavy (non-hydrogen) atoms. The van der Waals surface area contributed by atoms with Gasteiger partial charge in [0.1, 0.15) is 0 Å². The molecule has 1 heterocycles. The number of Topliss-reactive ketones (excluding diaryl/α,β-unsaturated/α-hetero) is 1. The minimum Gasteiger partial charge on any atom is -0.311 e. The summed E-state index contributed by atoms with van der Waals surface area (Å²) in [5.74, 6) is 0.0907. The highest BCUT2D eigenvalue weighted by molar-refractivity contribution is 5.99. The van der Waals surface area contributed by atoms with Gasteiger partial charge in [-0.3, -0.25) is 9.59 Å². The molecular formula is C15H20N2O2. The van der Waals surface area contributed by atoms with Gasteiger partial charge in [0.2, 0.25) is 5.91 Å². The Balaban J connectivity index is 2.29. The average Bonchev–Trinajstić information content (AvgIpc) is 2.40. The number of ketones is 1. The van der Waals surface area contributed by atoms with E-state index in [0.717, 1.165) is 25.1 Å². The molecule has 1 atom stereocenters. The Hall–Kier alpha value is -1.68. The van der Waals surface area contributed by atoms with Gasteiger partial charge in [-0.05, 0) is 45.4 Å². The van der Waals surface area contributed by atoms with E-state index in [1.54, 1.807) is 24.0 Å². The summed E-state index contributed by atoms with van der Waals surface area (Å²) in [6.07, 6.45) is 2.02. The molecule has 0 bridgehead atoms. The third-order valence-electron chi connectivity index (χ3n) is 3.46. The van der Waals surface area contributed by atoms with E-state index < -0.39 is 0 Å². The molecule has 1 saturated heterocycles. The average molecular weight is 260 g/mol. The van der Waals surface area contributed by atoms with E-state index >= 15 is 0 Å². The zero-order chi connectivity index (χ0) is 13.8. The third-order valence-corrected chi connectivity index (χ3v) is 3.46. The van der Waals surface area contributed by atoms with Crippen molar-refractivity contribution in [2.75, 3.05) is 18.0 Å². The summed E-state index contributed by atoms with van der Waals surface area (Å²) in [5.41, 5.74) is 1.46. The van der Waals surface area contributed by atoms with Gasteiger partial charge in [-0.25, -0.2) is 0 Å². The van der Waals surface area contributed by atoms with Crippen LogP contribution in [-0.4, -0.2) is 30.8 Å². The molecule has 0 radical (unpaired) electrons. The topological polar surface area (TPSA) is 49.4 Å². The Morgan fingerprint density at radius 2 is 2.16 bits per heavy atom. The number of amides is 1. The Morgan fingerprint density at radius 1 is 1.37 bits per heavy atom. The summed E-state index contributed by atoms with van der Waals surface area (Å²) >= 11 is 0. The number of benzene rings is 1. The monoisotopic (exact) mass is 260 g/mol. The van der Waals surface area contributed by atoms with Crippen LogP contribution in [0, 0.1) is 0 Å². The van der Waals surface area contributed by atoms with Crippen molar-refractivity contribution >= 4 is 17.4 Å². The molecule has 1 aromatic carbocycles. The number of anilines is 1. The van der Waals surface area contributed by atoms with Crippen molar-refractivity contribution in [1.29, 1.82) is 0 Å². The molecule has 0 aliphatic carbocycles. The van der Waals surface area contributed by atoms with Gasteiger partial charge in [0.15, 0.2) is 5.78 Å². The summed E-state index contributed by atoms with van der Waals surface area (Å²) in [5, 5.41) is 3.21. The van der Waals surface area contributed by atoms with Crippen molar-refractivity contribution in [3.8, 4) is 0 Å². The standard InChI is InChI=1S/C15H20N2O2/c1-11-15(19)17(9-4-3-8-16-11)14-7-5-6-13(10-14)12(2)18/h5-7,10-11,16H,3-4,8-9H2,1-2H3. The van der Waals surface area contributed by atoms with Crippen molar-refractivity contribution in [3.05, 3.63) is 29.8 Å². The Kier molecular flexibility index (Phi) is 4.32. The number of rotatable bonds is 2. The van der Waals surface area contributed by atoms with Crippen LogP contribution in [0.4, 0.5) is 5.69 Å². The zero-order valence-electron chi connectivity index (χ0n) is 11.5. The van der Waals surface area contributed by atoms with Crippen LogP contribution < -0.4 is 10.2 Å². The van der Waals surface area contributed by atoms with E-state index in [2.05, 4.69) is 5.32 Å². The van der Waals surface area contributed by atoms with Gasteiger partial charge in [0.05, 0.1) is 6.04 Å². The number of nitrogens with zero attached hydrogens (tertiary/aromatic N) is 1. The molecule has 1 N–H and O–H groups in total. The predicted molar refractivity (Wildman–Crippen MR) is 75.5 cm³/mol. The number of carbonyl (C=O) groups is 2. The molecule has 1 aromatic rings. The number of hydrogen-bond acceptors (Lipinski definition) is 3. The first-order chi connectivity index (χ1) is 9.09. The van der Waals surface area contributed by atoms with Crippen LogP contribution in [0.1, 0.15) is 37.0 Å². The lowest BCUT2D eigenvalue weighted by molar-refractivity contribution is -0.120. The second kappa shape index (κ2) is 5.97. The minimum atomic E-state index is -0.179. The molecule has 1 unspecified atom stereocenters. The molecular weight excluding hydrogens is 240 g/mol. The number of nitrogens with one attached hydrogen (secondary N) is 1. The first-order valence-electron chi connectivity index (χ1n) is 6.75. The molecule has 1 aliphatic rings. The molecule has 4 nitrogen and oxygen atoms in total. The highest BCUT2D eigenvalue weighted by Crippen LogP contribution is 2.19. The van der Waals surface area contributed by atoms with E-state index in [-0.39, 0.29) is 17.7 Å². The van der Waals surface area contributed by atoms with Crippen molar-refractivity contribution in [1.82, 2.24) is 5.32 Å². The lowest BCUT2D eigenvalue weighted by Crippen LogP contribution is -2.47. The summed E-state index contributed by atoms with van der Waals surface area (Å²) < 4.78 is 0. The normalized spacial score (nSPS) is 20.8. The second-order valence-corrected chi connectivity index (χ2v) is 4.98. The number of carbonyl (C=O) groups excluding carboxylic acids is 2. The van der Waals surface area contributed by atoms with Gasteiger partial charge >= 0.3 is 0 Å². The first-order valence-corrected chi connectivity index (χ1v) is 6.75. The van der Waals surface area contributed by atoms with E-state index in [1.807, 2.05) is 19.1 Å². The molecule has 102 valence electrons. The van der Waals surface area contributed by atoms with Gasteiger partial charge in [0.25, 0.3) is 0 Å². The van der Waals surface area contributed by atoms with Crippen LogP contribution in [0.3, 0.4) is 0 Å². The Labute approximate surface area is 113 Å². The summed E-state index contributed by atoms with van der Waals surface area (Å²) in [4.78, 5) is 25.6. The summed E-state index contributed by atoms with van der Waals surface area (Å²) in [6, 6.07) is 7.12. The van der Waals surface area contributed by atoms with Crippen molar-refractivity contribution in [2.45, 2.75) is 32.7 Å². The fraction of sp³-hybridized carbons (Fsp3) is 0.467. The van der Waals surface area contributed by atoms with Crippen molar-refractivity contribution in [2.24, 2.45) is 0 Å². The zero-order valence-corrected chi connectivity index (χ0v) is 11.5. The van der Waals surface area contributed by atoms with E-state index in [0.29, 0.717) is 12.1 Å². The molecule has 1 fully saturated rings. The Bertz CT molecular complexity index is 485. The second-order valence-electron chi connectivity index (χ2n) is 4.98. The van der Waals surface area contributed by atoms with E-state index in [1.165, 1.54) is 0 Å². The number of hydrogen-bond donors (Lipinski definition) is 1. The highest BCUT2D eigenvalue weighted by atomic mass is 16.2. The van der Waals surface area contributed by atoms with E-state index in [4.69, 9.17) is 0 Å². The SMILES string of the molecule is CC(=O)c1cccc(N2CCCCNC(C)C2=O)c1. The molecule has 0 aromatic heterocycles. The summed E-state index contributed by atoms with van der Waals surface area (Å²) in [6.45, 7) is 5.02. The molecule has 1 amide bonds. The van der Waals surface area contributed by atoms with Crippen molar-refractivity contribution < 1.29 is 9.59 Å². The van der Waals surface area contributed by atoms with Crippen LogP contribution in [0.15, 0.2) is 24.3 Å². The van der Waals surface area contributed by atoms with Crippen molar-refractivity contribution in [3.63, 3.8) is 0 Å². The van der Waals surface area contributed by atoms with Gasteiger partial charge < -0.3 is 10.2 Å². The third kappa shape index (κ3) is 3.20. The van der Waals surface area contributed by atoms with Crippen LogP contribution >= 0.6 is 0 Å². The fourth-order valence-electron chi connectivity index (χ4n) is 2.29. The highest BCUT2D eigenvalue weighted by Gasteiger charge is 2.23. The molecule has 4 heteroatoms. The predicted octanol–water partition coefficient (Wildman–Crippen LogP) is 1.99. The van der Waals surface area contributed by atoms with Crippen LogP contribution in [-0.2, 0) is 4.79 Å². The lowest BCUT2D eigenvalue weighted by atomic mass is 10.1. The molecule has 0 spiro atoms.